The fourth-order valence-electron chi connectivity index (χ4n) is 0. The minimum atomic E-state index is 0. The molecule has 0 aromatic rings. The lowest BCUT2D eigenvalue weighted by Crippen LogP contribution is -1.26. The zero-order valence-electron chi connectivity index (χ0n) is 1.57. The highest BCUT2D eigenvalue weighted by molar-refractivity contribution is 8.93. The van der Waals surface area contributed by atoms with Crippen LogP contribution in [0.3, 0.4) is 0 Å². The van der Waals surface area contributed by atoms with E-state index < -0.39 is 0 Å². The average Bonchev–Trinajstić information content (AvgIpc) is 0.918. The summed E-state index contributed by atoms with van der Waals surface area (Å²) in [6.07, 6.45) is 0. The Labute approximate surface area is 32.1 Å². The Balaban J connectivity index is 0. The lowest BCUT2D eigenvalue weighted by molar-refractivity contribution is -0.317. The molecule has 0 saturated carbocycles. The molecular weight excluding hydrogens is 134 g/mol. The Hall–Kier alpha value is 0.300. The SMILES string of the molecule is Br.FOF. The molecule has 0 aliphatic rings. The Bertz CT molecular complexity index is 6.00. The molecule has 0 radical (unpaired) electrons. The van der Waals surface area contributed by atoms with Crippen molar-refractivity contribution < 1.29 is 14.2 Å². The topological polar surface area (TPSA) is 9.23 Å². The van der Waals surface area contributed by atoms with Crippen molar-refractivity contribution in [2.24, 2.45) is 0 Å². The molecule has 0 atom stereocenters. The lowest BCUT2D eigenvalue weighted by Gasteiger charge is -1.41. The van der Waals surface area contributed by atoms with Gasteiger partial charge in [0, 0.05) is 5.15 Å². The third-order valence-corrected chi connectivity index (χ3v) is 0. The Morgan fingerprint density at radius 2 is 1.25 bits per heavy atom. The van der Waals surface area contributed by atoms with Crippen LogP contribution in [0.4, 0.5) is 9.05 Å². The van der Waals surface area contributed by atoms with Crippen molar-refractivity contribution in [3.63, 3.8) is 0 Å². The van der Waals surface area contributed by atoms with Crippen LogP contribution in [-0.4, -0.2) is 0 Å². The second kappa shape index (κ2) is 10.3. The molecular formula is HBrF2O. The maximum atomic E-state index is 9.12. The number of hydrogen-bond acceptors (Lipinski definition) is 1. The summed E-state index contributed by atoms with van der Waals surface area (Å²) in [4.78, 5) is 0. The predicted octanol–water partition coefficient (Wildman–Crippen LogP) is 1.35. The molecule has 0 bridgehead atoms. The molecule has 0 spiro atoms. The van der Waals surface area contributed by atoms with Gasteiger partial charge in [0.05, 0.1) is 0 Å². The Morgan fingerprint density at radius 1 is 1.25 bits per heavy atom. The van der Waals surface area contributed by atoms with Crippen LogP contribution < -0.4 is 0 Å². The molecule has 28 valence electrons. The molecule has 0 aromatic carbocycles. The van der Waals surface area contributed by atoms with Gasteiger partial charge in [-0.2, -0.15) is 0 Å². The van der Waals surface area contributed by atoms with Crippen LogP contribution in [0.5, 0.6) is 0 Å². The summed E-state index contributed by atoms with van der Waals surface area (Å²) in [7, 11) is 0. The first-order chi connectivity index (χ1) is 1.41. The zero-order valence-corrected chi connectivity index (χ0v) is 3.29. The second-order valence-electron chi connectivity index (χ2n) is 0.0583. The lowest BCUT2D eigenvalue weighted by atomic mass is 15.4. The molecule has 0 fully saturated rings. The maximum absolute atomic E-state index is 9.12. The number of halogens is 3. The highest BCUT2D eigenvalue weighted by Gasteiger charge is 1.42. The quantitative estimate of drug-likeness (QED) is 0.487. The third-order valence-electron chi connectivity index (χ3n) is 0. The summed E-state index contributed by atoms with van der Waals surface area (Å²) in [5.74, 6) is 0. The summed E-state index contributed by atoms with van der Waals surface area (Å²) >= 11 is 0. The van der Waals surface area contributed by atoms with Gasteiger partial charge in [-0.1, -0.05) is 0 Å². The molecule has 0 unspecified atom stereocenters. The van der Waals surface area contributed by atoms with E-state index in [0.29, 0.717) is 0 Å². The van der Waals surface area contributed by atoms with Crippen molar-refractivity contribution in [3.05, 3.63) is 0 Å². The highest BCUT2D eigenvalue weighted by atomic mass is 79.9. The van der Waals surface area contributed by atoms with Crippen LogP contribution in [0.15, 0.2) is 0 Å². The first kappa shape index (κ1) is 8.85. The second-order valence-corrected chi connectivity index (χ2v) is 0.0583. The van der Waals surface area contributed by atoms with Crippen LogP contribution in [0, 0.1) is 0 Å². The summed E-state index contributed by atoms with van der Waals surface area (Å²) < 4.78 is 18.2. The summed E-state index contributed by atoms with van der Waals surface area (Å²) in [5.41, 5.74) is 0. The normalized spacial score (nSPS) is 4.50. The summed E-state index contributed by atoms with van der Waals surface area (Å²) in [6.45, 7) is 0. The van der Waals surface area contributed by atoms with E-state index in [0.717, 1.165) is 0 Å². The Morgan fingerprint density at radius 3 is 1.25 bits per heavy atom. The molecule has 0 rings (SSSR count). The van der Waals surface area contributed by atoms with Crippen molar-refractivity contribution >= 4 is 17.0 Å². The van der Waals surface area contributed by atoms with Crippen molar-refractivity contribution in [1.29, 1.82) is 0 Å². The van der Waals surface area contributed by atoms with Gasteiger partial charge in [-0.25, -0.2) is 0 Å². The van der Waals surface area contributed by atoms with E-state index in [9.17, 15) is 0 Å². The third kappa shape index (κ3) is 43.2. The van der Waals surface area contributed by atoms with E-state index in [1.54, 1.807) is 0 Å². The van der Waals surface area contributed by atoms with Crippen molar-refractivity contribution in [1.82, 2.24) is 0 Å². The van der Waals surface area contributed by atoms with Gasteiger partial charge >= 0.3 is 0 Å². The van der Waals surface area contributed by atoms with Gasteiger partial charge in [0.15, 0.2) is 0 Å². The molecule has 0 aromatic heterocycles. The maximum Gasteiger partial charge on any atom is 0.0209 e. The van der Waals surface area contributed by atoms with Crippen molar-refractivity contribution in [2.75, 3.05) is 0 Å². The van der Waals surface area contributed by atoms with Gasteiger partial charge in [0.25, 0.3) is 0 Å². The molecule has 1 nitrogen and oxygen atoms in total. The van der Waals surface area contributed by atoms with Crippen LogP contribution in [0.2, 0.25) is 0 Å². The van der Waals surface area contributed by atoms with Gasteiger partial charge in [-0.3, -0.25) is 0 Å². The fourth-order valence-corrected chi connectivity index (χ4v) is 0. The highest BCUT2D eigenvalue weighted by Crippen LogP contribution is 1.61. The molecule has 0 heterocycles. The van der Waals surface area contributed by atoms with E-state index in [1.165, 1.54) is 5.15 Å². The molecule has 0 N–H and O–H groups in total. The smallest absolute Gasteiger partial charge is 0.0209 e. The van der Waals surface area contributed by atoms with Crippen LogP contribution >= 0.6 is 17.0 Å². The van der Waals surface area contributed by atoms with Crippen LogP contribution in [-0.2, 0) is 5.15 Å². The molecule has 4 heavy (non-hydrogen) atoms. The molecule has 0 aliphatic carbocycles. The van der Waals surface area contributed by atoms with E-state index in [4.69, 9.17) is 9.05 Å². The minimum Gasteiger partial charge on any atom is -0.114 e. The molecule has 0 saturated heterocycles. The first-order valence-corrected chi connectivity index (χ1v) is 0.309. The molecule has 0 amide bonds. The van der Waals surface area contributed by atoms with Gasteiger partial charge < -0.3 is 0 Å². The number of hydrogen-bond donors (Lipinski definition) is 0. The standard InChI is InChI=1S/BrH.F2O/c;1-3-2/h1H;. The summed E-state index contributed by atoms with van der Waals surface area (Å²) in [5, 5.41) is 1.25. The van der Waals surface area contributed by atoms with Crippen molar-refractivity contribution in [2.45, 2.75) is 0 Å². The number of rotatable bonds is 0. The molecule has 0 aliphatic heterocycles. The Kier molecular flexibility index (Phi) is 22.9. The van der Waals surface area contributed by atoms with E-state index in [-0.39, 0.29) is 17.0 Å². The van der Waals surface area contributed by atoms with Gasteiger partial charge in [-0.15, -0.1) is 17.0 Å². The minimum absolute atomic E-state index is 0. The first-order valence-electron chi connectivity index (χ1n) is 0.309. The van der Waals surface area contributed by atoms with E-state index >= 15 is 0 Å². The van der Waals surface area contributed by atoms with E-state index in [1.807, 2.05) is 0 Å². The largest absolute Gasteiger partial charge is 0.114 e. The van der Waals surface area contributed by atoms with Crippen LogP contribution in [0.25, 0.3) is 0 Å². The van der Waals surface area contributed by atoms with E-state index in [2.05, 4.69) is 0 Å². The van der Waals surface area contributed by atoms with Gasteiger partial charge in [0.2, 0.25) is 0 Å². The van der Waals surface area contributed by atoms with Crippen LogP contribution in [0.1, 0.15) is 0 Å². The van der Waals surface area contributed by atoms with Gasteiger partial charge in [0.1, 0.15) is 0 Å². The predicted molar refractivity (Wildman–Crippen MR) is 13.6 cm³/mol. The monoisotopic (exact) mass is 134 g/mol. The average molecular weight is 135 g/mol. The summed E-state index contributed by atoms with van der Waals surface area (Å²) in [6, 6.07) is 0. The zero-order chi connectivity index (χ0) is 2.71. The fraction of sp³-hybridized carbons (Fsp3) is 0. The van der Waals surface area contributed by atoms with Crippen molar-refractivity contribution in [3.8, 4) is 0 Å². The molecule has 4 heteroatoms. The van der Waals surface area contributed by atoms with Gasteiger partial charge in [-0.05, 0) is 9.05 Å².